The molecule has 1 aliphatic rings. The van der Waals surface area contributed by atoms with E-state index in [0.29, 0.717) is 5.69 Å². The van der Waals surface area contributed by atoms with E-state index in [9.17, 15) is 9.59 Å². The first-order valence-corrected chi connectivity index (χ1v) is 7.61. The molecular weight excluding hydrogens is 264 g/mol. The summed E-state index contributed by atoms with van der Waals surface area (Å²) >= 11 is 0. The Kier molecular flexibility index (Phi) is 4.66. The van der Waals surface area contributed by atoms with Crippen molar-refractivity contribution < 1.29 is 9.59 Å². The van der Waals surface area contributed by atoms with E-state index in [0.717, 1.165) is 30.4 Å². The smallest absolute Gasteiger partial charge is 0.313 e. The number of piperidine rings is 1. The monoisotopic (exact) mass is 288 g/mol. The molecule has 0 aromatic heterocycles. The number of anilines is 1. The number of nitrogens with one attached hydrogen (secondary N) is 1. The number of nitrogens with zero attached hydrogens (tertiary/aromatic N) is 1. The predicted octanol–water partition coefficient (Wildman–Crippen LogP) is 3.03. The van der Waals surface area contributed by atoms with Crippen molar-refractivity contribution >= 4 is 17.5 Å². The molecule has 4 heteroatoms. The zero-order chi connectivity index (χ0) is 15.6. The molecule has 1 N–H and O–H groups in total. The second-order valence-electron chi connectivity index (χ2n) is 6.11. The lowest BCUT2D eigenvalue weighted by Gasteiger charge is -2.38. The summed E-state index contributed by atoms with van der Waals surface area (Å²) in [6.45, 7) is 7.95. The summed E-state index contributed by atoms with van der Waals surface area (Å²) in [5, 5.41) is 2.75. The maximum absolute atomic E-state index is 12.4. The summed E-state index contributed by atoms with van der Waals surface area (Å²) in [5.41, 5.74) is 2.81. The van der Waals surface area contributed by atoms with Gasteiger partial charge in [-0.3, -0.25) is 9.59 Å². The van der Waals surface area contributed by atoms with Crippen LogP contribution < -0.4 is 5.32 Å². The van der Waals surface area contributed by atoms with Crippen molar-refractivity contribution in [3.05, 3.63) is 29.3 Å². The zero-order valence-corrected chi connectivity index (χ0v) is 13.3. The number of hydrogen-bond donors (Lipinski definition) is 1. The summed E-state index contributed by atoms with van der Waals surface area (Å²) in [5.74, 6) is -0.961. The molecule has 1 heterocycles. The van der Waals surface area contributed by atoms with Crippen molar-refractivity contribution in [1.29, 1.82) is 0 Å². The van der Waals surface area contributed by atoms with Gasteiger partial charge in [-0.05, 0) is 58.6 Å². The molecule has 1 aromatic carbocycles. The average molecular weight is 288 g/mol. The van der Waals surface area contributed by atoms with Gasteiger partial charge < -0.3 is 10.2 Å². The van der Waals surface area contributed by atoms with Crippen LogP contribution in [0.3, 0.4) is 0 Å². The van der Waals surface area contributed by atoms with E-state index in [1.807, 2.05) is 45.9 Å². The molecule has 21 heavy (non-hydrogen) atoms. The Bertz CT molecular complexity index is 544. The van der Waals surface area contributed by atoms with Gasteiger partial charge in [-0.1, -0.05) is 17.7 Å². The van der Waals surface area contributed by atoms with E-state index in [2.05, 4.69) is 5.32 Å². The quantitative estimate of drug-likeness (QED) is 0.808. The van der Waals surface area contributed by atoms with Crippen LogP contribution in [0.1, 0.15) is 44.2 Å². The van der Waals surface area contributed by atoms with Crippen LogP contribution in [-0.2, 0) is 9.59 Å². The molecule has 2 rings (SSSR count). The lowest BCUT2D eigenvalue weighted by Crippen LogP contribution is -2.51. The third-order valence-corrected chi connectivity index (χ3v) is 4.25. The first-order valence-electron chi connectivity index (χ1n) is 7.61. The molecule has 0 spiro atoms. The highest BCUT2D eigenvalue weighted by Crippen LogP contribution is 2.23. The summed E-state index contributed by atoms with van der Waals surface area (Å²) in [6.07, 6.45) is 3.05. The van der Waals surface area contributed by atoms with E-state index in [1.54, 1.807) is 4.90 Å². The van der Waals surface area contributed by atoms with E-state index in [4.69, 9.17) is 0 Å². The lowest BCUT2D eigenvalue weighted by molar-refractivity contribution is -0.147. The molecule has 1 aromatic rings. The van der Waals surface area contributed by atoms with Gasteiger partial charge in [0.25, 0.3) is 0 Å². The van der Waals surface area contributed by atoms with Crippen LogP contribution in [0.25, 0.3) is 0 Å². The number of benzene rings is 1. The van der Waals surface area contributed by atoms with E-state index in [1.165, 1.54) is 0 Å². The second-order valence-corrected chi connectivity index (χ2v) is 6.11. The summed E-state index contributed by atoms with van der Waals surface area (Å²) in [7, 11) is 0. The second kappa shape index (κ2) is 6.29. The third-order valence-electron chi connectivity index (χ3n) is 4.25. The highest BCUT2D eigenvalue weighted by atomic mass is 16.2. The Morgan fingerprint density at radius 2 is 1.76 bits per heavy atom. The number of hydrogen-bond acceptors (Lipinski definition) is 2. The molecule has 0 bridgehead atoms. The van der Waals surface area contributed by atoms with Crippen LogP contribution in [0.4, 0.5) is 5.69 Å². The number of carbonyl (C=O) groups is 2. The van der Waals surface area contributed by atoms with Gasteiger partial charge in [0, 0.05) is 17.8 Å². The predicted molar refractivity (Wildman–Crippen MR) is 84.2 cm³/mol. The number of aryl methyl sites for hydroxylation is 2. The van der Waals surface area contributed by atoms with Gasteiger partial charge in [0.1, 0.15) is 0 Å². The average Bonchev–Trinajstić information content (AvgIpc) is 2.41. The molecule has 0 radical (unpaired) electrons. The zero-order valence-electron chi connectivity index (χ0n) is 13.3. The number of amides is 2. The van der Waals surface area contributed by atoms with Crippen LogP contribution in [0.15, 0.2) is 18.2 Å². The van der Waals surface area contributed by atoms with Crippen molar-refractivity contribution in [2.75, 3.05) is 5.32 Å². The van der Waals surface area contributed by atoms with E-state index in [-0.39, 0.29) is 12.1 Å². The fourth-order valence-electron chi connectivity index (χ4n) is 3.07. The number of likely N-dealkylation sites (tertiary alicyclic amines) is 1. The summed E-state index contributed by atoms with van der Waals surface area (Å²) in [6, 6.07) is 6.03. The maximum atomic E-state index is 12.4. The van der Waals surface area contributed by atoms with Crippen molar-refractivity contribution in [2.24, 2.45) is 0 Å². The molecule has 4 nitrogen and oxygen atoms in total. The minimum Gasteiger partial charge on any atom is -0.329 e. The van der Waals surface area contributed by atoms with E-state index < -0.39 is 11.8 Å². The minimum atomic E-state index is -0.539. The Hall–Kier alpha value is -1.84. The number of carbonyl (C=O) groups excluding carboxylic acids is 2. The molecule has 1 fully saturated rings. The van der Waals surface area contributed by atoms with Gasteiger partial charge in [-0.25, -0.2) is 0 Å². The topological polar surface area (TPSA) is 49.4 Å². The largest absolute Gasteiger partial charge is 0.329 e. The molecule has 0 saturated carbocycles. The molecule has 1 aliphatic heterocycles. The van der Waals surface area contributed by atoms with E-state index >= 15 is 0 Å². The molecule has 2 amide bonds. The normalized spacial score (nSPS) is 22.0. The highest BCUT2D eigenvalue weighted by Gasteiger charge is 2.32. The molecule has 2 atom stereocenters. The van der Waals surface area contributed by atoms with Crippen LogP contribution in [0.2, 0.25) is 0 Å². The van der Waals surface area contributed by atoms with Crippen LogP contribution >= 0.6 is 0 Å². The van der Waals surface area contributed by atoms with Crippen molar-refractivity contribution in [3.8, 4) is 0 Å². The SMILES string of the molecule is Cc1ccc(NC(=O)C(=O)N2C(C)CCCC2C)c(C)c1. The Morgan fingerprint density at radius 3 is 2.33 bits per heavy atom. The van der Waals surface area contributed by atoms with Crippen molar-refractivity contribution in [1.82, 2.24) is 4.90 Å². The minimum absolute atomic E-state index is 0.131. The van der Waals surface area contributed by atoms with Crippen LogP contribution in [0, 0.1) is 13.8 Å². The fraction of sp³-hybridized carbons (Fsp3) is 0.529. The number of rotatable bonds is 1. The highest BCUT2D eigenvalue weighted by molar-refractivity contribution is 6.39. The molecule has 2 unspecified atom stereocenters. The lowest BCUT2D eigenvalue weighted by atomic mass is 9.97. The summed E-state index contributed by atoms with van der Waals surface area (Å²) < 4.78 is 0. The summed E-state index contributed by atoms with van der Waals surface area (Å²) in [4.78, 5) is 26.4. The Labute approximate surface area is 126 Å². The van der Waals surface area contributed by atoms with Crippen molar-refractivity contribution in [2.45, 2.75) is 59.0 Å². The van der Waals surface area contributed by atoms with Crippen molar-refractivity contribution in [3.63, 3.8) is 0 Å². The Morgan fingerprint density at radius 1 is 1.14 bits per heavy atom. The fourth-order valence-corrected chi connectivity index (χ4v) is 3.07. The molecule has 114 valence electrons. The first-order chi connectivity index (χ1) is 9.90. The standard InChI is InChI=1S/C17H24N2O2/c1-11-8-9-15(12(2)10-11)18-16(20)17(21)19-13(3)6-5-7-14(19)4/h8-10,13-14H,5-7H2,1-4H3,(H,18,20). The molecule has 0 aliphatic carbocycles. The van der Waals surface area contributed by atoms with Gasteiger partial charge >= 0.3 is 11.8 Å². The van der Waals surface area contributed by atoms with Gasteiger partial charge in [0.15, 0.2) is 0 Å². The van der Waals surface area contributed by atoms with Gasteiger partial charge in [0.2, 0.25) is 0 Å². The van der Waals surface area contributed by atoms with Gasteiger partial charge in [0.05, 0.1) is 0 Å². The molecular formula is C17H24N2O2. The third kappa shape index (κ3) is 3.43. The maximum Gasteiger partial charge on any atom is 0.313 e. The van der Waals surface area contributed by atoms with Gasteiger partial charge in [-0.15, -0.1) is 0 Å². The van der Waals surface area contributed by atoms with Crippen LogP contribution in [0.5, 0.6) is 0 Å². The molecule has 1 saturated heterocycles. The Balaban J connectivity index is 2.10. The van der Waals surface area contributed by atoms with Gasteiger partial charge in [-0.2, -0.15) is 0 Å². The van der Waals surface area contributed by atoms with Crippen LogP contribution in [-0.4, -0.2) is 28.8 Å². The first kappa shape index (κ1) is 15.5.